The highest BCUT2D eigenvalue weighted by atomic mass is 32.2. The lowest BCUT2D eigenvalue weighted by Crippen LogP contribution is -2.38. The van der Waals surface area contributed by atoms with Crippen LogP contribution in [0.1, 0.15) is 38.5 Å². The topological polar surface area (TPSA) is 63.4 Å². The lowest BCUT2D eigenvalue weighted by molar-refractivity contribution is 0.420. The van der Waals surface area contributed by atoms with Crippen molar-refractivity contribution in [1.82, 2.24) is 4.31 Å². The van der Waals surface area contributed by atoms with Crippen molar-refractivity contribution >= 4 is 10.0 Å². The van der Waals surface area contributed by atoms with Gasteiger partial charge in [0.2, 0.25) is 10.0 Å². The summed E-state index contributed by atoms with van der Waals surface area (Å²) < 4.78 is 26.3. The third-order valence-electron chi connectivity index (χ3n) is 3.92. The second-order valence-corrected chi connectivity index (χ2v) is 7.27. The third kappa shape index (κ3) is 2.41. The molecule has 0 aromatic rings. The van der Waals surface area contributed by atoms with Crippen molar-refractivity contribution in [3.05, 3.63) is 0 Å². The molecular formula is C11H22N2O2S. The van der Waals surface area contributed by atoms with E-state index in [0.29, 0.717) is 25.6 Å². The van der Waals surface area contributed by atoms with Crippen LogP contribution in [0.2, 0.25) is 0 Å². The second kappa shape index (κ2) is 5.02. The van der Waals surface area contributed by atoms with E-state index >= 15 is 0 Å². The molecular weight excluding hydrogens is 224 g/mol. The number of nitrogens with two attached hydrogens (primary N) is 1. The maximum Gasteiger partial charge on any atom is 0.216 e. The predicted octanol–water partition coefficient (Wildman–Crippen LogP) is 0.929. The van der Waals surface area contributed by atoms with E-state index in [-0.39, 0.29) is 5.25 Å². The summed E-state index contributed by atoms with van der Waals surface area (Å²) in [5.41, 5.74) is 5.60. The van der Waals surface area contributed by atoms with E-state index in [0.717, 1.165) is 32.1 Å². The monoisotopic (exact) mass is 246 g/mol. The fourth-order valence-corrected chi connectivity index (χ4v) is 4.92. The summed E-state index contributed by atoms with van der Waals surface area (Å²) in [6, 6.07) is 0. The van der Waals surface area contributed by atoms with E-state index in [4.69, 9.17) is 5.73 Å². The average Bonchev–Trinajstić information content (AvgIpc) is 2.79. The Morgan fingerprint density at radius 2 is 1.81 bits per heavy atom. The Morgan fingerprint density at radius 1 is 1.12 bits per heavy atom. The Labute approximate surface area is 98.2 Å². The molecule has 4 nitrogen and oxygen atoms in total. The van der Waals surface area contributed by atoms with E-state index < -0.39 is 10.0 Å². The SMILES string of the molecule is NCC1CCN(S(=O)(=O)C2CCCCC2)C1. The molecule has 1 saturated heterocycles. The van der Waals surface area contributed by atoms with Crippen LogP contribution < -0.4 is 5.73 Å². The van der Waals surface area contributed by atoms with Crippen molar-refractivity contribution in [2.24, 2.45) is 11.7 Å². The van der Waals surface area contributed by atoms with Crippen LogP contribution in [0.3, 0.4) is 0 Å². The van der Waals surface area contributed by atoms with Gasteiger partial charge in [-0.1, -0.05) is 19.3 Å². The van der Waals surface area contributed by atoms with Crippen LogP contribution in [-0.2, 0) is 10.0 Å². The summed E-state index contributed by atoms with van der Waals surface area (Å²) in [5.74, 6) is 0.373. The average molecular weight is 246 g/mol. The van der Waals surface area contributed by atoms with E-state index in [1.165, 1.54) is 6.42 Å². The Hall–Kier alpha value is -0.130. The zero-order valence-electron chi connectivity index (χ0n) is 9.77. The van der Waals surface area contributed by atoms with Crippen LogP contribution in [0.25, 0.3) is 0 Å². The van der Waals surface area contributed by atoms with Crippen molar-refractivity contribution in [1.29, 1.82) is 0 Å². The third-order valence-corrected chi connectivity index (χ3v) is 6.28. The summed E-state index contributed by atoms with van der Waals surface area (Å²) in [6.07, 6.45) is 5.97. The van der Waals surface area contributed by atoms with Crippen molar-refractivity contribution in [2.75, 3.05) is 19.6 Å². The summed E-state index contributed by atoms with van der Waals surface area (Å²) >= 11 is 0. The highest BCUT2D eigenvalue weighted by molar-refractivity contribution is 7.89. The molecule has 0 bridgehead atoms. The van der Waals surface area contributed by atoms with Crippen LogP contribution in [0.4, 0.5) is 0 Å². The Morgan fingerprint density at radius 3 is 2.38 bits per heavy atom. The molecule has 2 aliphatic rings. The van der Waals surface area contributed by atoms with E-state index in [1.54, 1.807) is 4.31 Å². The first kappa shape index (κ1) is 12.3. The molecule has 16 heavy (non-hydrogen) atoms. The minimum atomic E-state index is -3.03. The van der Waals surface area contributed by atoms with E-state index in [1.807, 2.05) is 0 Å². The van der Waals surface area contributed by atoms with Crippen LogP contribution in [0.15, 0.2) is 0 Å². The number of hydrogen-bond donors (Lipinski definition) is 1. The van der Waals surface area contributed by atoms with Gasteiger partial charge in [0.05, 0.1) is 5.25 Å². The molecule has 1 saturated carbocycles. The molecule has 2 N–H and O–H groups in total. The quantitative estimate of drug-likeness (QED) is 0.805. The Balaban J connectivity index is 2.01. The Bertz CT molecular complexity index is 323. The molecule has 1 heterocycles. The first-order valence-corrected chi connectivity index (χ1v) is 7.84. The number of hydrogen-bond acceptors (Lipinski definition) is 3. The van der Waals surface area contributed by atoms with Gasteiger partial charge in [-0.25, -0.2) is 12.7 Å². The van der Waals surface area contributed by atoms with Crippen LogP contribution in [0.5, 0.6) is 0 Å². The van der Waals surface area contributed by atoms with Crippen molar-refractivity contribution in [3.63, 3.8) is 0 Å². The van der Waals surface area contributed by atoms with Gasteiger partial charge in [0.25, 0.3) is 0 Å². The summed E-state index contributed by atoms with van der Waals surface area (Å²) in [5, 5.41) is -0.113. The number of rotatable bonds is 3. The molecule has 0 aromatic heterocycles. The van der Waals surface area contributed by atoms with E-state index in [2.05, 4.69) is 0 Å². The molecule has 1 unspecified atom stereocenters. The van der Waals surface area contributed by atoms with Gasteiger partial charge in [0, 0.05) is 13.1 Å². The number of sulfonamides is 1. The first-order valence-electron chi connectivity index (χ1n) is 6.33. The van der Waals surface area contributed by atoms with E-state index in [9.17, 15) is 8.42 Å². The maximum absolute atomic E-state index is 12.3. The van der Waals surface area contributed by atoms with Gasteiger partial charge in [-0.05, 0) is 31.7 Å². The van der Waals surface area contributed by atoms with Crippen molar-refractivity contribution in [2.45, 2.75) is 43.8 Å². The van der Waals surface area contributed by atoms with Gasteiger partial charge < -0.3 is 5.73 Å². The molecule has 5 heteroatoms. The minimum absolute atomic E-state index is 0.113. The van der Waals surface area contributed by atoms with Crippen LogP contribution in [-0.4, -0.2) is 37.6 Å². The fourth-order valence-electron chi connectivity index (χ4n) is 2.79. The van der Waals surface area contributed by atoms with Gasteiger partial charge in [-0.15, -0.1) is 0 Å². The Kier molecular flexibility index (Phi) is 3.87. The highest BCUT2D eigenvalue weighted by Crippen LogP contribution is 2.29. The molecule has 0 spiro atoms. The molecule has 1 aliphatic heterocycles. The molecule has 0 aromatic carbocycles. The molecule has 1 atom stereocenters. The largest absolute Gasteiger partial charge is 0.330 e. The van der Waals surface area contributed by atoms with Crippen molar-refractivity contribution < 1.29 is 8.42 Å². The predicted molar refractivity (Wildman–Crippen MR) is 64.5 cm³/mol. The summed E-state index contributed by atoms with van der Waals surface area (Å²) in [6.45, 7) is 1.94. The zero-order chi connectivity index (χ0) is 11.6. The second-order valence-electron chi connectivity index (χ2n) is 5.05. The van der Waals surface area contributed by atoms with Gasteiger partial charge in [-0.2, -0.15) is 0 Å². The summed E-state index contributed by atoms with van der Waals surface area (Å²) in [4.78, 5) is 0. The van der Waals surface area contributed by atoms with Gasteiger partial charge >= 0.3 is 0 Å². The maximum atomic E-state index is 12.3. The fraction of sp³-hybridized carbons (Fsp3) is 1.00. The normalized spacial score (nSPS) is 29.7. The smallest absolute Gasteiger partial charge is 0.216 e. The zero-order valence-corrected chi connectivity index (χ0v) is 10.6. The molecule has 2 fully saturated rings. The lowest BCUT2D eigenvalue weighted by atomic mass is 10.0. The highest BCUT2D eigenvalue weighted by Gasteiger charge is 2.36. The molecule has 2 rings (SSSR count). The summed E-state index contributed by atoms with van der Waals surface area (Å²) in [7, 11) is -3.03. The lowest BCUT2D eigenvalue weighted by Gasteiger charge is -2.26. The van der Waals surface area contributed by atoms with Crippen LogP contribution in [0, 0.1) is 5.92 Å². The van der Waals surface area contributed by atoms with Gasteiger partial charge in [0.1, 0.15) is 0 Å². The van der Waals surface area contributed by atoms with Crippen LogP contribution >= 0.6 is 0 Å². The van der Waals surface area contributed by atoms with Crippen molar-refractivity contribution in [3.8, 4) is 0 Å². The first-order chi connectivity index (χ1) is 7.64. The minimum Gasteiger partial charge on any atom is -0.330 e. The van der Waals surface area contributed by atoms with Gasteiger partial charge in [-0.3, -0.25) is 0 Å². The molecule has 1 aliphatic carbocycles. The molecule has 0 amide bonds. The molecule has 94 valence electrons. The molecule has 0 radical (unpaired) electrons. The number of nitrogens with zero attached hydrogens (tertiary/aromatic N) is 1. The standard InChI is InChI=1S/C11H22N2O2S/c12-8-10-6-7-13(9-10)16(14,15)11-4-2-1-3-5-11/h10-11H,1-9,12H2. The van der Waals surface area contributed by atoms with Gasteiger partial charge in [0.15, 0.2) is 0 Å².